The zero-order valence-corrected chi connectivity index (χ0v) is 7.39. The molecule has 0 N–H and O–H groups in total. The summed E-state index contributed by atoms with van der Waals surface area (Å²) in [7, 11) is 0. The summed E-state index contributed by atoms with van der Waals surface area (Å²) in [5.74, 6) is 0. The Morgan fingerprint density at radius 1 is 1.44 bits per heavy atom. The fourth-order valence-corrected chi connectivity index (χ4v) is 0.857. The highest BCUT2D eigenvalue weighted by Crippen LogP contribution is 2.05. The Bertz CT molecular complexity index is 228. The molecule has 0 aromatic carbocycles. The number of hydrogen-bond acceptors (Lipinski definition) is 2. The van der Waals surface area contributed by atoms with E-state index in [0.717, 1.165) is 0 Å². The van der Waals surface area contributed by atoms with Crippen molar-refractivity contribution >= 4 is 31.9 Å². The average molecular weight is 254 g/mol. The van der Waals surface area contributed by atoms with E-state index in [4.69, 9.17) is 0 Å². The van der Waals surface area contributed by atoms with Gasteiger partial charge < -0.3 is 5.21 Å². The first-order valence-corrected chi connectivity index (χ1v) is 3.70. The minimum atomic E-state index is 0.408. The lowest BCUT2D eigenvalue weighted by atomic mass is 10.6. The van der Waals surface area contributed by atoms with Crippen LogP contribution in [0.4, 0.5) is 0 Å². The third kappa shape index (κ3) is 1.62. The van der Waals surface area contributed by atoms with Crippen molar-refractivity contribution in [2.45, 2.75) is 0 Å². The highest BCUT2D eigenvalue weighted by Gasteiger charge is 2.00. The molecule has 0 aliphatic carbocycles. The second-order valence-corrected chi connectivity index (χ2v) is 2.98. The van der Waals surface area contributed by atoms with Crippen molar-refractivity contribution in [3.8, 4) is 0 Å². The number of rotatable bonds is 0. The molecule has 0 bridgehead atoms. The monoisotopic (exact) mass is 252 g/mol. The minimum absolute atomic E-state index is 0.408. The van der Waals surface area contributed by atoms with E-state index in [0.29, 0.717) is 14.1 Å². The van der Waals surface area contributed by atoms with Crippen LogP contribution in [0.5, 0.6) is 0 Å². The summed E-state index contributed by atoms with van der Waals surface area (Å²) in [6, 6.07) is 3.29. The molecule has 0 radical (unpaired) electrons. The maximum atomic E-state index is 10.6. The highest BCUT2D eigenvalue weighted by atomic mass is 79.9. The lowest BCUT2D eigenvalue weighted by Crippen LogP contribution is -2.32. The summed E-state index contributed by atoms with van der Waals surface area (Å²) >= 11 is 6.04. The van der Waals surface area contributed by atoms with E-state index < -0.39 is 0 Å². The topological polar surface area (TPSA) is 39.8 Å². The van der Waals surface area contributed by atoms with Crippen molar-refractivity contribution in [3.05, 3.63) is 26.5 Å². The molecule has 0 unspecified atom stereocenters. The molecule has 0 atom stereocenters. The van der Waals surface area contributed by atoms with E-state index in [1.165, 1.54) is 0 Å². The van der Waals surface area contributed by atoms with Crippen LogP contribution in [0.25, 0.3) is 0 Å². The molecule has 0 saturated heterocycles. The SMILES string of the molecule is [O-][n+]1nc(Br)ccc1Br. The number of nitrogens with zero attached hydrogens (tertiary/aromatic N) is 2. The molecular formula is C4H2Br2N2O. The Morgan fingerprint density at radius 2 is 2.11 bits per heavy atom. The third-order valence-electron chi connectivity index (χ3n) is 0.727. The summed E-state index contributed by atoms with van der Waals surface area (Å²) in [6.45, 7) is 0. The first-order chi connectivity index (χ1) is 4.20. The molecule has 0 amide bonds. The summed E-state index contributed by atoms with van der Waals surface area (Å²) in [5, 5.41) is 14.1. The van der Waals surface area contributed by atoms with Gasteiger partial charge in [0.2, 0.25) is 0 Å². The van der Waals surface area contributed by atoms with Gasteiger partial charge in [0.15, 0.2) is 4.60 Å². The lowest BCUT2D eigenvalue weighted by Gasteiger charge is -1.92. The molecule has 1 heterocycles. The van der Waals surface area contributed by atoms with Crippen LogP contribution in [0.1, 0.15) is 0 Å². The number of aromatic nitrogens is 2. The summed E-state index contributed by atoms with van der Waals surface area (Å²) < 4.78 is 0.936. The van der Waals surface area contributed by atoms with Gasteiger partial charge in [0, 0.05) is 27.1 Å². The second-order valence-electron chi connectivity index (χ2n) is 1.35. The van der Waals surface area contributed by atoms with Crippen LogP contribution in [0.2, 0.25) is 0 Å². The minimum Gasteiger partial charge on any atom is -0.593 e. The van der Waals surface area contributed by atoms with Crippen molar-refractivity contribution < 1.29 is 4.85 Å². The Hall–Kier alpha value is -0.160. The largest absolute Gasteiger partial charge is 0.593 e. The van der Waals surface area contributed by atoms with Gasteiger partial charge in [-0.3, -0.25) is 0 Å². The van der Waals surface area contributed by atoms with Crippen molar-refractivity contribution in [1.82, 2.24) is 5.10 Å². The van der Waals surface area contributed by atoms with Gasteiger partial charge in [-0.15, -0.1) is 0 Å². The second kappa shape index (κ2) is 2.62. The van der Waals surface area contributed by atoms with E-state index in [1.807, 2.05) is 0 Å². The maximum Gasteiger partial charge on any atom is 0.286 e. The van der Waals surface area contributed by atoms with E-state index in [-0.39, 0.29) is 0 Å². The van der Waals surface area contributed by atoms with Gasteiger partial charge in [-0.25, -0.2) is 0 Å². The molecular weight excluding hydrogens is 252 g/mol. The third-order valence-corrected chi connectivity index (χ3v) is 1.72. The molecule has 0 fully saturated rings. The van der Waals surface area contributed by atoms with Crippen molar-refractivity contribution in [1.29, 1.82) is 0 Å². The van der Waals surface area contributed by atoms with E-state index in [9.17, 15) is 5.21 Å². The van der Waals surface area contributed by atoms with Gasteiger partial charge in [0.05, 0.1) is 0 Å². The lowest BCUT2D eigenvalue weighted by molar-refractivity contribution is -0.681. The molecule has 48 valence electrons. The fraction of sp³-hybridized carbons (Fsp3) is 0. The molecule has 1 aromatic heterocycles. The molecule has 5 heteroatoms. The van der Waals surface area contributed by atoms with Crippen molar-refractivity contribution in [2.24, 2.45) is 0 Å². The molecule has 0 spiro atoms. The zero-order chi connectivity index (χ0) is 6.85. The molecule has 0 saturated carbocycles. The van der Waals surface area contributed by atoms with Gasteiger partial charge in [0.1, 0.15) is 0 Å². The molecule has 1 rings (SSSR count). The summed E-state index contributed by atoms with van der Waals surface area (Å²) in [6.07, 6.45) is 0. The first kappa shape index (κ1) is 6.95. The van der Waals surface area contributed by atoms with Gasteiger partial charge in [-0.05, 0) is 26.8 Å². The van der Waals surface area contributed by atoms with Gasteiger partial charge in [-0.2, -0.15) is 0 Å². The smallest absolute Gasteiger partial charge is 0.286 e. The molecule has 0 aliphatic heterocycles. The maximum absolute atomic E-state index is 10.6. The summed E-state index contributed by atoms with van der Waals surface area (Å²) in [4.78, 5) is 0.490. The molecule has 1 aromatic rings. The Morgan fingerprint density at radius 3 is 2.56 bits per heavy atom. The molecule has 0 aliphatic rings. The van der Waals surface area contributed by atoms with Gasteiger partial charge >= 0.3 is 0 Å². The van der Waals surface area contributed by atoms with Gasteiger partial charge in [0.25, 0.3) is 4.60 Å². The Kier molecular flexibility index (Phi) is 2.02. The van der Waals surface area contributed by atoms with Crippen LogP contribution in [0.15, 0.2) is 21.3 Å². The van der Waals surface area contributed by atoms with Crippen LogP contribution >= 0.6 is 31.9 Å². The Labute approximate surface area is 68.5 Å². The Balaban J connectivity index is 3.17. The average Bonchev–Trinajstić information content (AvgIpc) is 1.80. The van der Waals surface area contributed by atoms with Crippen LogP contribution in [0.3, 0.4) is 0 Å². The predicted octanol–water partition coefficient (Wildman–Crippen LogP) is 1.24. The fourth-order valence-electron chi connectivity index (χ4n) is 0.369. The van der Waals surface area contributed by atoms with Gasteiger partial charge in [-0.1, -0.05) is 0 Å². The van der Waals surface area contributed by atoms with Crippen molar-refractivity contribution in [2.75, 3.05) is 0 Å². The predicted molar refractivity (Wildman–Crippen MR) is 38.6 cm³/mol. The van der Waals surface area contributed by atoms with Crippen LogP contribution in [-0.4, -0.2) is 5.10 Å². The summed E-state index contributed by atoms with van der Waals surface area (Å²) in [5.41, 5.74) is 0. The first-order valence-electron chi connectivity index (χ1n) is 2.12. The van der Waals surface area contributed by atoms with Crippen LogP contribution in [0, 0.1) is 5.21 Å². The van der Waals surface area contributed by atoms with E-state index in [2.05, 4.69) is 37.0 Å². The molecule has 3 nitrogen and oxygen atoms in total. The van der Waals surface area contributed by atoms with Crippen molar-refractivity contribution in [3.63, 3.8) is 0 Å². The zero-order valence-electron chi connectivity index (χ0n) is 4.21. The van der Waals surface area contributed by atoms with Crippen LogP contribution in [-0.2, 0) is 0 Å². The number of hydrogen-bond donors (Lipinski definition) is 0. The standard InChI is InChI=1S/C4H2Br2N2O/c5-3-1-2-4(6)8(9)7-3/h1-2H. The highest BCUT2D eigenvalue weighted by molar-refractivity contribution is 9.10. The molecule has 9 heavy (non-hydrogen) atoms. The van der Waals surface area contributed by atoms with E-state index in [1.54, 1.807) is 12.1 Å². The normalized spacial score (nSPS) is 9.56. The van der Waals surface area contributed by atoms with E-state index >= 15 is 0 Å². The quantitative estimate of drug-likeness (QED) is 0.516. The number of halogens is 2. The van der Waals surface area contributed by atoms with Crippen LogP contribution < -0.4 is 4.85 Å².